The highest BCUT2D eigenvalue weighted by Crippen LogP contribution is 2.31. The maximum Gasteiger partial charge on any atom is 0.354 e. The Hall–Kier alpha value is -3.03. The summed E-state index contributed by atoms with van der Waals surface area (Å²) in [6.45, 7) is 1.55. The predicted octanol–water partition coefficient (Wildman–Crippen LogP) is 2.93. The number of rotatable bonds is 4. The lowest BCUT2D eigenvalue weighted by atomic mass is 10.2. The van der Waals surface area contributed by atoms with Crippen molar-refractivity contribution in [3.8, 4) is 11.6 Å². The zero-order valence-corrected chi connectivity index (χ0v) is 10.7. The molecule has 21 heavy (non-hydrogen) atoms. The van der Waals surface area contributed by atoms with Gasteiger partial charge in [-0.25, -0.2) is 9.18 Å². The molecule has 0 unspecified atom stereocenters. The molecule has 0 atom stereocenters. The number of pyridine rings is 1. The molecule has 2 aromatic rings. The standard InChI is InChI=1S/C13H9FN2O5/c1-7-6-8(14)2-5-11(7)21-12-10(16(19)20)4-3-9(15-12)13(17)18/h2-6H,1H3,(H,17,18). The molecule has 1 aromatic heterocycles. The molecule has 0 radical (unpaired) electrons. The van der Waals surface area contributed by atoms with Gasteiger partial charge in [0.2, 0.25) is 0 Å². The molecule has 2 rings (SSSR count). The Balaban J connectivity index is 2.48. The summed E-state index contributed by atoms with van der Waals surface area (Å²) in [5, 5.41) is 19.8. The van der Waals surface area contributed by atoms with E-state index in [1.165, 1.54) is 12.1 Å². The van der Waals surface area contributed by atoms with E-state index in [9.17, 15) is 19.3 Å². The highest BCUT2D eigenvalue weighted by molar-refractivity contribution is 5.85. The fourth-order valence-corrected chi connectivity index (χ4v) is 1.60. The molecule has 0 aliphatic rings. The van der Waals surface area contributed by atoms with Crippen LogP contribution in [0, 0.1) is 22.9 Å². The molecule has 1 heterocycles. The van der Waals surface area contributed by atoms with E-state index >= 15 is 0 Å². The summed E-state index contributed by atoms with van der Waals surface area (Å²) in [5.74, 6) is -2.14. The van der Waals surface area contributed by atoms with Crippen LogP contribution in [-0.4, -0.2) is 21.0 Å². The average Bonchev–Trinajstić information content (AvgIpc) is 2.41. The van der Waals surface area contributed by atoms with Crippen LogP contribution < -0.4 is 4.74 Å². The molecule has 1 N–H and O–H groups in total. The molecule has 8 heteroatoms. The largest absolute Gasteiger partial charge is 0.477 e. The third kappa shape index (κ3) is 3.11. The van der Waals surface area contributed by atoms with Crippen molar-refractivity contribution in [3.63, 3.8) is 0 Å². The molecular weight excluding hydrogens is 283 g/mol. The van der Waals surface area contributed by atoms with Crippen molar-refractivity contribution >= 4 is 11.7 Å². The first kappa shape index (κ1) is 14.4. The number of benzene rings is 1. The van der Waals surface area contributed by atoms with Crippen LogP contribution in [0.15, 0.2) is 30.3 Å². The Morgan fingerprint density at radius 1 is 1.38 bits per heavy atom. The molecule has 1 aromatic carbocycles. The second kappa shape index (κ2) is 5.53. The van der Waals surface area contributed by atoms with Gasteiger partial charge in [0.15, 0.2) is 5.69 Å². The lowest BCUT2D eigenvalue weighted by Crippen LogP contribution is -2.04. The maximum absolute atomic E-state index is 13.0. The number of ether oxygens (including phenoxy) is 1. The molecule has 0 aliphatic carbocycles. The van der Waals surface area contributed by atoms with Gasteiger partial charge in [-0.15, -0.1) is 0 Å². The molecule has 0 spiro atoms. The maximum atomic E-state index is 13.0. The zero-order valence-electron chi connectivity index (χ0n) is 10.7. The van der Waals surface area contributed by atoms with Gasteiger partial charge in [0.1, 0.15) is 11.6 Å². The average molecular weight is 292 g/mol. The number of aryl methyl sites for hydroxylation is 1. The molecule has 0 saturated carbocycles. The summed E-state index contributed by atoms with van der Waals surface area (Å²) in [7, 11) is 0. The minimum Gasteiger partial charge on any atom is -0.477 e. The number of halogens is 1. The van der Waals surface area contributed by atoms with Crippen LogP contribution in [0.1, 0.15) is 16.1 Å². The molecule has 0 saturated heterocycles. The van der Waals surface area contributed by atoms with Gasteiger partial charge in [-0.1, -0.05) is 0 Å². The van der Waals surface area contributed by atoms with Crippen LogP contribution >= 0.6 is 0 Å². The van der Waals surface area contributed by atoms with Crippen LogP contribution in [0.2, 0.25) is 0 Å². The van der Waals surface area contributed by atoms with Crippen molar-refractivity contribution in [3.05, 3.63) is 57.5 Å². The Morgan fingerprint density at radius 3 is 2.67 bits per heavy atom. The summed E-state index contributed by atoms with van der Waals surface area (Å²) < 4.78 is 18.3. The Kier molecular flexibility index (Phi) is 3.79. The number of carbonyl (C=O) groups is 1. The molecule has 0 aliphatic heterocycles. The van der Waals surface area contributed by atoms with Crippen LogP contribution in [0.5, 0.6) is 11.6 Å². The van der Waals surface area contributed by atoms with E-state index in [0.29, 0.717) is 5.56 Å². The smallest absolute Gasteiger partial charge is 0.354 e. The number of nitrogens with zero attached hydrogens (tertiary/aromatic N) is 2. The lowest BCUT2D eigenvalue weighted by molar-refractivity contribution is -0.386. The number of hydrogen-bond acceptors (Lipinski definition) is 5. The van der Waals surface area contributed by atoms with Crippen LogP contribution in [0.4, 0.5) is 10.1 Å². The third-order valence-corrected chi connectivity index (χ3v) is 2.60. The van der Waals surface area contributed by atoms with E-state index in [4.69, 9.17) is 9.84 Å². The van der Waals surface area contributed by atoms with Crippen LogP contribution in [0.3, 0.4) is 0 Å². The first-order valence-corrected chi connectivity index (χ1v) is 5.71. The van der Waals surface area contributed by atoms with E-state index in [1.54, 1.807) is 6.92 Å². The molecular formula is C13H9FN2O5. The van der Waals surface area contributed by atoms with E-state index in [1.807, 2.05) is 0 Å². The van der Waals surface area contributed by atoms with Crippen LogP contribution in [0.25, 0.3) is 0 Å². The summed E-state index contributed by atoms with van der Waals surface area (Å²) in [6.07, 6.45) is 0. The minimum atomic E-state index is -1.34. The number of aromatic carboxylic acids is 1. The van der Waals surface area contributed by atoms with E-state index in [2.05, 4.69) is 4.98 Å². The zero-order chi connectivity index (χ0) is 15.6. The Bertz CT molecular complexity index is 732. The Labute approximate surface area is 117 Å². The number of aromatic nitrogens is 1. The fourth-order valence-electron chi connectivity index (χ4n) is 1.60. The Morgan fingerprint density at radius 2 is 2.10 bits per heavy atom. The van der Waals surface area contributed by atoms with Crippen molar-refractivity contribution in [1.29, 1.82) is 0 Å². The quantitative estimate of drug-likeness (QED) is 0.686. The van der Waals surface area contributed by atoms with Crippen molar-refractivity contribution in [1.82, 2.24) is 4.98 Å². The van der Waals surface area contributed by atoms with E-state index in [0.717, 1.165) is 18.2 Å². The van der Waals surface area contributed by atoms with Gasteiger partial charge in [0.25, 0.3) is 5.88 Å². The lowest BCUT2D eigenvalue weighted by Gasteiger charge is -2.08. The van der Waals surface area contributed by atoms with Gasteiger partial charge in [0, 0.05) is 6.07 Å². The second-order valence-corrected chi connectivity index (χ2v) is 4.09. The first-order chi connectivity index (χ1) is 9.88. The number of hydrogen-bond donors (Lipinski definition) is 1. The van der Waals surface area contributed by atoms with Crippen molar-refractivity contribution in [2.24, 2.45) is 0 Å². The van der Waals surface area contributed by atoms with E-state index < -0.39 is 34.0 Å². The molecule has 0 amide bonds. The summed E-state index contributed by atoms with van der Waals surface area (Å²) in [5.41, 5.74) is -0.481. The summed E-state index contributed by atoms with van der Waals surface area (Å²) in [4.78, 5) is 24.6. The van der Waals surface area contributed by atoms with Crippen LogP contribution in [-0.2, 0) is 0 Å². The van der Waals surface area contributed by atoms with E-state index in [-0.39, 0.29) is 5.75 Å². The molecule has 0 bridgehead atoms. The minimum absolute atomic E-state index is 0.148. The third-order valence-electron chi connectivity index (χ3n) is 2.60. The highest BCUT2D eigenvalue weighted by atomic mass is 19.1. The van der Waals surface area contributed by atoms with Gasteiger partial charge in [-0.05, 0) is 36.8 Å². The van der Waals surface area contributed by atoms with Gasteiger partial charge in [0.05, 0.1) is 4.92 Å². The molecule has 108 valence electrons. The highest BCUT2D eigenvalue weighted by Gasteiger charge is 2.21. The number of nitro groups is 1. The first-order valence-electron chi connectivity index (χ1n) is 5.71. The van der Waals surface area contributed by atoms with Gasteiger partial charge < -0.3 is 9.84 Å². The van der Waals surface area contributed by atoms with Gasteiger partial charge in [-0.3, -0.25) is 10.1 Å². The normalized spacial score (nSPS) is 10.2. The summed E-state index contributed by atoms with van der Waals surface area (Å²) in [6, 6.07) is 5.58. The van der Waals surface area contributed by atoms with Crippen molar-refractivity contribution in [2.75, 3.05) is 0 Å². The predicted molar refractivity (Wildman–Crippen MR) is 69.1 cm³/mol. The topological polar surface area (TPSA) is 103 Å². The van der Waals surface area contributed by atoms with Gasteiger partial charge in [-0.2, -0.15) is 4.98 Å². The van der Waals surface area contributed by atoms with Crippen molar-refractivity contribution in [2.45, 2.75) is 6.92 Å². The number of carboxylic acids is 1. The van der Waals surface area contributed by atoms with Crippen molar-refractivity contribution < 1.29 is 24.0 Å². The fraction of sp³-hybridized carbons (Fsp3) is 0.0769. The second-order valence-electron chi connectivity index (χ2n) is 4.09. The van der Waals surface area contributed by atoms with Gasteiger partial charge >= 0.3 is 11.7 Å². The molecule has 0 fully saturated rings. The monoisotopic (exact) mass is 292 g/mol. The summed E-state index contributed by atoms with van der Waals surface area (Å²) >= 11 is 0. The number of carboxylic acid groups (broad SMARTS) is 1. The molecule has 7 nitrogen and oxygen atoms in total. The SMILES string of the molecule is Cc1cc(F)ccc1Oc1nc(C(=O)O)ccc1[N+](=O)[O-].